The van der Waals surface area contributed by atoms with Crippen LogP contribution in [0.3, 0.4) is 0 Å². The first-order chi connectivity index (χ1) is 9.25. The van der Waals surface area contributed by atoms with Crippen molar-refractivity contribution in [3.05, 3.63) is 29.6 Å². The molecule has 3 N–H and O–H groups in total. The summed E-state index contributed by atoms with van der Waals surface area (Å²) in [5.74, 6) is 0.532. The lowest BCUT2D eigenvalue weighted by Crippen LogP contribution is -2.27. The lowest BCUT2D eigenvalue weighted by molar-refractivity contribution is 0.100. The third kappa shape index (κ3) is 2.26. The van der Waals surface area contributed by atoms with Crippen LogP contribution >= 0.6 is 0 Å². The molecule has 2 aromatic rings. The van der Waals surface area contributed by atoms with Gasteiger partial charge in [-0.15, -0.1) is 10.2 Å². The molecule has 0 saturated carbocycles. The predicted molar refractivity (Wildman–Crippen MR) is 70.7 cm³/mol. The molecule has 0 radical (unpaired) electrons. The monoisotopic (exact) mass is 257 g/mol. The molecule has 1 amide bonds. The number of benzene rings is 1. The zero-order valence-electron chi connectivity index (χ0n) is 10.5. The van der Waals surface area contributed by atoms with Crippen molar-refractivity contribution in [1.29, 1.82) is 0 Å². The largest absolute Gasteiger partial charge is 0.366 e. The summed E-state index contributed by atoms with van der Waals surface area (Å²) in [6, 6.07) is 5.20. The Balaban J connectivity index is 2.08. The van der Waals surface area contributed by atoms with Gasteiger partial charge in [0.2, 0.25) is 0 Å². The number of aromatic nitrogens is 3. The minimum atomic E-state index is -0.484. The fourth-order valence-electron chi connectivity index (χ4n) is 2.42. The van der Waals surface area contributed by atoms with E-state index >= 15 is 0 Å². The summed E-state index contributed by atoms with van der Waals surface area (Å²) in [5, 5.41) is 11.6. The normalized spacial score (nSPS) is 16.6. The van der Waals surface area contributed by atoms with Crippen molar-refractivity contribution in [2.24, 2.45) is 5.73 Å². The SMILES string of the molecule is NC(=O)c1cccc2nnc(C3CCNCC3)nc12. The van der Waals surface area contributed by atoms with Gasteiger partial charge in [0.1, 0.15) is 11.0 Å². The maximum Gasteiger partial charge on any atom is 0.250 e. The highest BCUT2D eigenvalue weighted by Crippen LogP contribution is 2.23. The van der Waals surface area contributed by atoms with Crippen LogP contribution in [0, 0.1) is 0 Å². The Morgan fingerprint density at radius 1 is 1.26 bits per heavy atom. The number of hydrogen-bond acceptors (Lipinski definition) is 5. The number of primary amides is 1. The van der Waals surface area contributed by atoms with Crippen molar-refractivity contribution in [3.8, 4) is 0 Å². The van der Waals surface area contributed by atoms with E-state index in [4.69, 9.17) is 5.73 Å². The van der Waals surface area contributed by atoms with Gasteiger partial charge in [-0.05, 0) is 38.1 Å². The molecule has 1 aromatic heterocycles. The van der Waals surface area contributed by atoms with E-state index in [0.29, 0.717) is 28.3 Å². The molecule has 0 aliphatic carbocycles. The first-order valence-corrected chi connectivity index (χ1v) is 6.39. The minimum absolute atomic E-state index is 0.305. The Labute approximate surface area is 110 Å². The van der Waals surface area contributed by atoms with Crippen molar-refractivity contribution >= 4 is 16.9 Å². The fourth-order valence-corrected chi connectivity index (χ4v) is 2.42. The number of carbonyl (C=O) groups excluding carboxylic acids is 1. The zero-order valence-corrected chi connectivity index (χ0v) is 10.5. The molecule has 6 heteroatoms. The maximum absolute atomic E-state index is 11.4. The molecule has 0 spiro atoms. The molecule has 19 heavy (non-hydrogen) atoms. The summed E-state index contributed by atoms with van der Waals surface area (Å²) in [4.78, 5) is 15.9. The Morgan fingerprint density at radius 3 is 2.79 bits per heavy atom. The van der Waals surface area contributed by atoms with Gasteiger partial charge in [-0.1, -0.05) is 6.07 Å². The molecule has 1 aromatic carbocycles. The average molecular weight is 257 g/mol. The molecule has 1 aliphatic rings. The van der Waals surface area contributed by atoms with E-state index in [1.165, 1.54) is 0 Å². The van der Waals surface area contributed by atoms with Crippen LogP contribution in [0.5, 0.6) is 0 Å². The smallest absolute Gasteiger partial charge is 0.250 e. The summed E-state index contributed by atoms with van der Waals surface area (Å²) in [5.41, 5.74) is 6.94. The van der Waals surface area contributed by atoms with E-state index in [1.54, 1.807) is 18.2 Å². The van der Waals surface area contributed by atoms with Crippen LogP contribution in [0.1, 0.15) is 34.9 Å². The van der Waals surface area contributed by atoms with Crippen LogP contribution in [-0.4, -0.2) is 34.2 Å². The Morgan fingerprint density at radius 2 is 2.05 bits per heavy atom. The van der Waals surface area contributed by atoms with Crippen LogP contribution in [0.25, 0.3) is 11.0 Å². The van der Waals surface area contributed by atoms with Crippen LogP contribution in [-0.2, 0) is 0 Å². The van der Waals surface area contributed by atoms with E-state index in [9.17, 15) is 4.79 Å². The number of nitrogens with zero attached hydrogens (tertiary/aromatic N) is 3. The topological polar surface area (TPSA) is 93.8 Å². The summed E-state index contributed by atoms with van der Waals surface area (Å²) in [6.07, 6.45) is 1.98. The number of hydrogen-bond donors (Lipinski definition) is 2. The van der Waals surface area contributed by atoms with Gasteiger partial charge in [0.25, 0.3) is 5.91 Å². The van der Waals surface area contributed by atoms with Crippen LogP contribution in [0.4, 0.5) is 0 Å². The van der Waals surface area contributed by atoms with Gasteiger partial charge in [-0.25, -0.2) is 4.98 Å². The van der Waals surface area contributed by atoms with E-state index in [0.717, 1.165) is 25.9 Å². The van der Waals surface area contributed by atoms with Crippen molar-refractivity contribution < 1.29 is 4.79 Å². The van der Waals surface area contributed by atoms with E-state index < -0.39 is 5.91 Å². The van der Waals surface area contributed by atoms with Crippen LogP contribution in [0.15, 0.2) is 18.2 Å². The van der Waals surface area contributed by atoms with Gasteiger partial charge in [0.05, 0.1) is 5.56 Å². The first kappa shape index (κ1) is 12.0. The molecule has 2 heterocycles. The predicted octanol–water partition coefficient (Wildman–Crippen LogP) is 0.591. The summed E-state index contributed by atoms with van der Waals surface area (Å²) in [6.45, 7) is 1.92. The molecule has 1 saturated heterocycles. The second kappa shape index (κ2) is 4.89. The van der Waals surface area contributed by atoms with E-state index in [-0.39, 0.29) is 0 Å². The molecule has 1 aliphatic heterocycles. The Bertz CT molecular complexity index is 621. The lowest BCUT2D eigenvalue weighted by Gasteiger charge is -2.20. The highest BCUT2D eigenvalue weighted by Gasteiger charge is 2.19. The van der Waals surface area contributed by atoms with Crippen molar-refractivity contribution in [3.63, 3.8) is 0 Å². The molecule has 0 bridgehead atoms. The highest BCUT2D eigenvalue weighted by molar-refractivity contribution is 6.03. The number of nitrogens with two attached hydrogens (primary N) is 1. The van der Waals surface area contributed by atoms with Gasteiger partial charge in [-0.3, -0.25) is 4.79 Å². The summed E-state index contributed by atoms with van der Waals surface area (Å²) < 4.78 is 0. The number of piperidine rings is 1. The van der Waals surface area contributed by atoms with Gasteiger partial charge in [-0.2, -0.15) is 0 Å². The van der Waals surface area contributed by atoms with E-state index in [2.05, 4.69) is 20.5 Å². The average Bonchev–Trinajstić information content (AvgIpc) is 2.47. The van der Waals surface area contributed by atoms with Crippen LogP contribution in [0.2, 0.25) is 0 Å². The number of fused-ring (bicyclic) bond motifs is 1. The molecule has 6 nitrogen and oxygen atoms in total. The highest BCUT2D eigenvalue weighted by atomic mass is 16.1. The molecule has 98 valence electrons. The number of carbonyl (C=O) groups is 1. The summed E-state index contributed by atoms with van der Waals surface area (Å²) >= 11 is 0. The second-order valence-electron chi connectivity index (χ2n) is 4.73. The summed E-state index contributed by atoms with van der Waals surface area (Å²) in [7, 11) is 0. The van der Waals surface area contributed by atoms with Gasteiger partial charge < -0.3 is 11.1 Å². The van der Waals surface area contributed by atoms with Gasteiger partial charge in [0, 0.05) is 5.92 Å². The van der Waals surface area contributed by atoms with Crippen molar-refractivity contribution in [1.82, 2.24) is 20.5 Å². The molecule has 0 atom stereocenters. The first-order valence-electron chi connectivity index (χ1n) is 6.39. The Kier molecular flexibility index (Phi) is 3.08. The third-order valence-electron chi connectivity index (χ3n) is 3.47. The fraction of sp³-hybridized carbons (Fsp3) is 0.385. The maximum atomic E-state index is 11.4. The number of nitrogens with one attached hydrogen (secondary N) is 1. The van der Waals surface area contributed by atoms with Gasteiger partial charge >= 0.3 is 0 Å². The molecular formula is C13H15N5O. The second-order valence-corrected chi connectivity index (χ2v) is 4.73. The van der Waals surface area contributed by atoms with Gasteiger partial charge in [0.15, 0.2) is 5.82 Å². The number of rotatable bonds is 2. The zero-order chi connectivity index (χ0) is 13.2. The number of amides is 1. The number of para-hydroxylation sites is 1. The van der Waals surface area contributed by atoms with Crippen molar-refractivity contribution in [2.45, 2.75) is 18.8 Å². The standard InChI is InChI=1S/C13H15N5O/c14-12(19)9-2-1-3-10-11(9)16-13(18-17-10)8-4-6-15-7-5-8/h1-3,8,15H,4-7H2,(H2,14,19). The minimum Gasteiger partial charge on any atom is -0.366 e. The molecule has 3 rings (SSSR count). The Hall–Kier alpha value is -2.08. The molecule has 0 unspecified atom stereocenters. The van der Waals surface area contributed by atoms with Crippen molar-refractivity contribution in [2.75, 3.05) is 13.1 Å². The quantitative estimate of drug-likeness (QED) is 0.821. The lowest BCUT2D eigenvalue weighted by atomic mass is 9.97. The van der Waals surface area contributed by atoms with E-state index in [1.807, 2.05) is 0 Å². The molecular weight excluding hydrogens is 242 g/mol. The van der Waals surface area contributed by atoms with Crippen LogP contribution < -0.4 is 11.1 Å². The third-order valence-corrected chi connectivity index (χ3v) is 3.47. The molecule has 1 fully saturated rings.